The summed E-state index contributed by atoms with van der Waals surface area (Å²) in [4.78, 5) is 0. The lowest BCUT2D eigenvalue weighted by Gasteiger charge is -2.38. The monoisotopic (exact) mass is 372 g/mol. The Bertz CT molecular complexity index is 656. The molecule has 1 aromatic rings. The first-order chi connectivity index (χ1) is 12.3. The molecule has 0 radical (unpaired) electrons. The number of halogens is 5. The second-order valence-corrected chi connectivity index (χ2v) is 8.64. The fourth-order valence-corrected chi connectivity index (χ4v) is 5.46. The van der Waals surface area contributed by atoms with Gasteiger partial charge in [-0.15, -0.1) is 0 Å². The number of hydrogen-bond donors (Lipinski definition) is 0. The Morgan fingerprint density at radius 2 is 1.27 bits per heavy atom. The second kappa shape index (κ2) is 6.49. The van der Waals surface area contributed by atoms with Crippen LogP contribution in [0.15, 0.2) is 18.2 Å². The van der Waals surface area contributed by atoms with E-state index in [1.54, 1.807) is 6.07 Å². The third-order valence-electron chi connectivity index (χ3n) is 7.23. The molecule has 3 fully saturated rings. The van der Waals surface area contributed by atoms with Gasteiger partial charge in [0.25, 0.3) is 5.92 Å². The van der Waals surface area contributed by atoms with Gasteiger partial charge in [-0.1, -0.05) is 6.07 Å². The molecule has 0 heterocycles. The van der Waals surface area contributed by atoms with Crippen LogP contribution in [-0.4, -0.2) is 11.6 Å². The van der Waals surface area contributed by atoms with Gasteiger partial charge in [0.1, 0.15) is 0 Å². The van der Waals surface area contributed by atoms with Crippen LogP contribution < -0.4 is 0 Å². The van der Waals surface area contributed by atoms with Crippen molar-refractivity contribution in [2.75, 3.05) is 0 Å². The molecule has 1 aromatic carbocycles. The molecule has 0 saturated heterocycles. The van der Waals surface area contributed by atoms with E-state index < -0.39 is 35.6 Å². The zero-order valence-electron chi connectivity index (χ0n) is 14.8. The largest absolute Gasteiger partial charge is 0.285 e. The SMILES string of the molecule is Fc1ccc([C@H]2CC[C@H]([C@H]3CC[C@H](C4(F)CC4(F)F)CC3)CC2)cc1F. The predicted octanol–water partition coefficient (Wildman–Crippen LogP) is 6.79. The molecule has 0 nitrogen and oxygen atoms in total. The van der Waals surface area contributed by atoms with Gasteiger partial charge in [0.15, 0.2) is 17.3 Å². The number of benzene rings is 1. The quantitative estimate of drug-likeness (QED) is 0.512. The Labute approximate surface area is 151 Å². The smallest absolute Gasteiger partial charge is 0.237 e. The first-order valence-electron chi connectivity index (χ1n) is 9.82. The summed E-state index contributed by atoms with van der Waals surface area (Å²) in [5.74, 6) is -3.89. The molecular formula is C21H25F5. The normalized spacial score (nSPS) is 39.6. The van der Waals surface area contributed by atoms with E-state index in [0.717, 1.165) is 44.1 Å². The van der Waals surface area contributed by atoms with Gasteiger partial charge in [0.2, 0.25) is 0 Å². The molecular weight excluding hydrogens is 347 g/mol. The van der Waals surface area contributed by atoms with Crippen molar-refractivity contribution in [2.24, 2.45) is 17.8 Å². The van der Waals surface area contributed by atoms with Crippen molar-refractivity contribution in [1.29, 1.82) is 0 Å². The van der Waals surface area contributed by atoms with Crippen molar-refractivity contribution in [2.45, 2.75) is 75.3 Å². The fourth-order valence-electron chi connectivity index (χ4n) is 5.46. The van der Waals surface area contributed by atoms with Crippen LogP contribution in [0.2, 0.25) is 0 Å². The van der Waals surface area contributed by atoms with Gasteiger partial charge in [0.05, 0.1) is 6.42 Å². The maximum atomic E-state index is 14.2. The van der Waals surface area contributed by atoms with Crippen LogP contribution in [0.4, 0.5) is 22.0 Å². The highest BCUT2D eigenvalue weighted by molar-refractivity contribution is 5.22. The molecule has 26 heavy (non-hydrogen) atoms. The van der Waals surface area contributed by atoms with Crippen molar-refractivity contribution >= 4 is 0 Å². The molecule has 1 atom stereocenters. The van der Waals surface area contributed by atoms with E-state index in [0.29, 0.717) is 24.7 Å². The van der Waals surface area contributed by atoms with Crippen molar-refractivity contribution in [3.8, 4) is 0 Å². The Morgan fingerprint density at radius 1 is 0.731 bits per heavy atom. The predicted molar refractivity (Wildman–Crippen MR) is 89.9 cm³/mol. The molecule has 4 rings (SSSR count). The standard InChI is InChI=1S/C21H25F5/c22-18-10-7-16(11-19(18)23)15-3-1-13(2-4-15)14-5-8-17(9-6-14)20(24)12-21(20,25)26/h7,10-11,13-15,17H,1-6,8-9,12H2/t13-,14-,15-,17-,20?. The Kier molecular flexibility index (Phi) is 4.55. The number of hydrogen-bond acceptors (Lipinski definition) is 0. The summed E-state index contributed by atoms with van der Waals surface area (Å²) < 4.78 is 67.2. The summed E-state index contributed by atoms with van der Waals surface area (Å²) in [6, 6.07) is 4.17. The summed E-state index contributed by atoms with van der Waals surface area (Å²) in [6.07, 6.45) is 6.17. The molecule has 1 unspecified atom stereocenters. The summed E-state index contributed by atoms with van der Waals surface area (Å²) in [7, 11) is 0. The average Bonchev–Trinajstić information content (AvgIpc) is 3.17. The minimum Gasteiger partial charge on any atom is -0.237 e. The van der Waals surface area contributed by atoms with Gasteiger partial charge < -0.3 is 0 Å². The summed E-state index contributed by atoms with van der Waals surface area (Å²) >= 11 is 0. The van der Waals surface area contributed by atoms with E-state index in [1.807, 2.05) is 0 Å². The highest BCUT2D eigenvalue weighted by atomic mass is 19.3. The van der Waals surface area contributed by atoms with E-state index in [9.17, 15) is 22.0 Å². The zero-order valence-corrected chi connectivity index (χ0v) is 14.8. The van der Waals surface area contributed by atoms with E-state index >= 15 is 0 Å². The van der Waals surface area contributed by atoms with Gasteiger partial charge >= 0.3 is 0 Å². The highest BCUT2D eigenvalue weighted by Gasteiger charge is 2.75. The maximum absolute atomic E-state index is 14.2. The summed E-state index contributed by atoms with van der Waals surface area (Å²) in [6.45, 7) is 0. The minimum atomic E-state index is -3.10. The van der Waals surface area contributed by atoms with Gasteiger partial charge in [-0.25, -0.2) is 22.0 Å². The topological polar surface area (TPSA) is 0 Å². The molecule has 3 aliphatic rings. The second-order valence-electron chi connectivity index (χ2n) is 8.64. The van der Waals surface area contributed by atoms with E-state index in [-0.39, 0.29) is 5.92 Å². The third-order valence-corrected chi connectivity index (χ3v) is 7.23. The molecule has 5 heteroatoms. The zero-order chi connectivity index (χ0) is 18.5. The van der Waals surface area contributed by atoms with E-state index in [1.165, 1.54) is 12.1 Å². The lowest BCUT2D eigenvalue weighted by atomic mass is 9.67. The molecule has 0 N–H and O–H groups in total. The first-order valence-corrected chi connectivity index (χ1v) is 9.82. The van der Waals surface area contributed by atoms with Crippen molar-refractivity contribution in [3.05, 3.63) is 35.4 Å². The molecule has 3 saturated carbocycles. The first kappa shape index (κ1) is 18.2. The van der Waals surface area contributed by atoms with Crippen LogP contribution in [0, 0.1) is 29.4 Å². The van der Waals surface area contributed by atoms with Gasteiger partial charge in [0, 0.05) is 0 Å². The molecule has 0 aliphatic heterocycles. The highest BCUT2D eigenvalue weighted by Crippen LogP contribution is 2.63. The molecule has 0 amide bonds. The van der Waals surface area contributed by atoms with Crippen LogP contribution >= 0.6 is 0 Å². The molecule has 0 aromatic heterocycles. The fraction of sp³-hybridized carbons (Fsp3) is 0.714. The Morgan fingerprint density at radius 3 is 1.77 bits per heavy atom. The van der Waals surface area contributed by atoms with Crippen LogP contribution in [0.1, 0.15) is 69.3 Å². The average molecular weight is 372 g/mol. The molecule has 144 valence electrons. The van der Waals surface area contributed by atoms with Crippen LogP contribution in [0.5, 0.6) is 0 Å². The molecule has 0 bridgehead atoms. The lowest BCUT2D eigenvalue weighted by molar-refractivity contribution is -0.00358. The van der Waals surface area contributed by atoms with Gasteiger partial charge in [-0.2, -0.15) is 0 Å². The molecule has 3 aliphatic carbocycles. The van der Waals surface area contributed by atoms with E-state index in [2.05, 4.69) is 0 Å². The van der Waals surface area contributed by atoms with E-state index in [4.69, 9.17) is 0 Å². The summed E-state index contributed by atoms with van der Waals surface area (Å²) in [5.41, 5.74) is -1.37. The van der Waals surface area contributed by atoms with Crippen LogP contribution in [-0.2, 0) is 0 Å². The Hall–Kier alpha value is -1.13. The van der Waals surface area contributed by atoms with Crippen molar-refractivity contribution in [1.82, 2.24) is 0 Å². The van der Waals surface area contributed by atoms with Crippen LogP contribution in [0.25, 0.3) is 0 Å². The van der Waals surface area contributed by atoms with Gasteiger partial charge in [-0.05, 0) is 92.7 Å². The Balaban J connectivity index is 1.29. The number of alkyl halides is 3. The van der Waals surface area contributed by atoms with Crippen molar-refractivity contribution < 1.29 is 22.0 Å². The van der Waals surface area contributed by atoms with Crippen LogP contribution in [0.3, 0.4) is 0 Å². The lowest BCUT2D eigenvalue weighted by Crippen LogP contribution is -2.32. The molecule has 0 spiro atoms. The van der Waals surface area contributed by atoms with Gasteiger partial charge in [-0.3, -0.25) is 0 Å². The minimum absolute atomic E-state index is 0.261. The third kappa shape index (κ3) is 3.16. The summed E-state index contributed by atoms with van der Waals surface area (Å²) in [5, 5.41) is 0. The van der Waals surface area contributed by atoms with Crippen molar-refractivity contribution in [3.63, 3.8) is 0 Å². The number of rotatable bonds is 3. The maximum Gasteiger partial charge on any atom is 0.285 e.